The van der Waals surface area contributed by atoms with Crippen molar-refractivity contribution in [2.45, 2.75) is 26.3 Å². The van der Waals surface area contributed by atoms with Gasteiger partial charge in [0.2, 0.25) is 11.9 Å². The smallest absolute Gasteiger partial charge is 0.258 e. The van der Waals surface area contributed by atoms with Crippen molar-refractivity contribution in [3.8, 4) is 5.95 Å². The Labute approximate surface area is 104 Å². The first-order valence-corrected chi connectivity index (χ1v) is 5.68. The highest BCUT2D eigenvalue weighted by Gasteiger charge is 2.46. The van der Waals surface area contributed by atoms with Crippen LogP contribution in [0.5, 0.6) is 0 Å². The predicted molar refractivity (Wildman–Crippen MR) is 65.0 cm³/mol. The van der Waals surface area contributed by atoms with E-state index in [0.717, 1.165) is 6.42 Å². The molecule has 8 heteroatoms. The highest BCUT2D eigenvalue weighted by Crippen LogP contribution is 2.46. The molecule has 1 aliphatic carbocycles. The minimum absolute atomic E-state index is 0.163. The molecule has 1 unspecified atom stereocenters. The summed E-state index contributed by atoms with van der Waals surface area (Å²) in [6, 6.07) is 0.378. The number of nitrogens with two attached hydrogens (primary N) is 1. The summed E-state index contributed by atoms with van der Waals surface area (Å²) < 4.78 is 1.45. The van der Waals surface area contributed by atoms with E-state index in [1.54, 1.807) is 0 Å². The highest BCUT2D eigenvalue weighted by molar-refractivity contribution is 5.37. The van der Waals surface area contributed by atoms with Crippen molar-refractivity contribution in [1.29, 1.82) is 0 Å². The SMILES string of the molecule is CC1(C)CC1Nc1nc(N)nc(-n2cncn2)n1. The third kappa shape index (κ3) is 1.96. The summed E-state index contributed by atoms with van der Waals surface area (Å²) in [7, 11) is 0. The van der Waals surface area contributed by atoms with Crippen LogP contribution in [-0.4, -0.2) is 35.8 Å². The van der Waals surface area contributed by atoms with Gasteiger partial charge in [0.15, 0.2) is 0 Å². The van der Waals surface area contributed by atoms with E-state index < -0.39 is 0 Å². The van der Waals surface area contributed by atoms with Gasteiger partial charge in [0, 0.05) is 6.04 Å². The van der Waals surface area contributed by atoms with Crippen LogP contribution in [0.3, 0.4) is 0 Å². The van der Waals surface area contributed by atoms with Crippen LogP contribution in [-0.2, 0) is 0 Å². The Bertz CT molecular complexity index is 561. The standard InChI is InChI=1S/C10H14N8/c1-10(2)3-6(10)14-8-15-7(11)16-9(17-8)18-5-12-4-13-18/h4-6H,3H2,1-2H3,(H3,11,14,15,16,17). The lowest BCUT2D eigenvalue weighted by Gasteiger charge is -2.08. The van der Waals surface area contributed by atoms with Crippen molar-refractivity contribution in [3.63, 3.8) is 0 Å². The average Bonchev–Trinajstić information content (AvgIpc) is 2.76. The van der Waals surface area contributed by atoms with Gasteiger partial charge in [-0.05, 0) is 11.8 Å². The van der Waals surface area contributed by atoms with Crippen LogP contribution in [0.25, 0.3) is 5.95 Å². The molecule has 94 valence electrons. The van der Waals surface area contributed by atoms with E-state index in [1.165, 1.54) is 17.3 Å². The molecule has 0 aromatic carbocycles. The molecule has 1 atom stereocenters. The molecule has 2 heterocycles. The zero-order valence-electron chi connectivity index (χ0n) is 10.2. The highest BCUT2D eigenvalue weighted by atomic mass is 15.4. The van der Waals surface area contributed by atoms with Crippen molar-refractivity contribution < 1.29 is 0 Å². The first-order chi connectivity index (χ1) is 8.54. The molecule has 1 aliphatic rings. The van der Waals surface area contributed by atoms with Crippen LogP contribution in [0.2, 0.25) is 0 Å². The van der Waals surface area contributed by atoms with Gasteiger partial charge in [-0.15, -0.1) is 0 Å². The van der Waals surface area contributed by atoms with Gasteiger partial charge in [-0.2, -0.15) is 24.7 Å². The molecule has 3 N–H and O–H groups in total. The largest absolute Gasteiger partial charge is 0.368 e. The first kappa shape index (κ1) is 10.9. The lowest BCUT2D eigenvalue weighted by atomic mass is 10.2. The van der Waals surface area contributed by atoms with Gasteiger partial charge in [-0.1, -0.05) is 13.8 Å². The quantitative estimate of drug-likeness (QED) is 0.798. The fraction of sp³-hybridized carbons (Fsp3) is 0.500. The number of rotatable bonds is 3. The Morgan fingerprint density at radius 3 is 2.78 bits per heavy atom. The molecule has 0 spiro atoms. The molecule has 18 heavy (non-hydrogen) atoms. The fourth-order valence-corrected chi connectivity index (χ4v) is 1.73. The number of nitrogen functional groups attached to an aromatic ring is 1. The minimum Gasteiger partial charge on any atom is -0.368 e. The molecule has 2 aromatic rings. The summed E-state index contributed by atoms with van der Waals surface area (Å²) in [6.45, 7) is 4.38. The van der Waals surface area contributed by atoms with Crippen molar-refractivity contribution >= 4 is 11.9 Å². The van der Waals surface area contributed by atoms with Crippen LogP contribution in [0.15, 0.2) is 12.7 Å². The number of anilines is 2. The van der Waals surface area contributed by atoms with E-state index >= 15 is 0 Å². The van der Waals surface area contributed by atoms with Crippen LogP contribution in [0.1, 0.15) is 20.3 Å². The fourth-order valence-electron chi connectivity index (χ4n) is 1.73. The van der Waals surface area contributed by atoms with Crippen molar-refractivity contribution in [2.24, 2.45) is 5.41 Å². The molecule has 1 fully saturated rings. The van der Waals surface area contributed by atoms with Gasteiger partial charge in [-0.25, -0.2) is 4.98 Å². The Hall–Kier alpha value is -2.25. The Morgan fingerprint density at radius 2 is 2.17 bits per heavy atom. The van der Waals surface area contributed by atoms with E-state index in [9.17, 15) is 0 Å². The van der Waals surface area contributed by atoms with Gasteiger partial charge in [0.25, 0.3) is 5.95 Å². The van der Waals surface area contributed by atoms with Crippen molar-refractivity contribution in [1.82, 2.24) is 29.7 Å². The van der Waals surface area contributed by atoms with E-state index in [-0.39, 0.29) is 11.4 Å². The van der Waals surface area contributed by atoms with Crippen molar-refractivity contribution in [2.75, 3.05) is 11.1 Å². The monoisotopic (exact) mass is 246 g/mol. The van der Waals surface area contributed by atoms with Gasteiger partial charge in [0.1, 0.15) is 12.7 Å². The third-order valence-electron chi connectivity index (χ3n) is 3.08. The average molecular weight is 246 g/mol. The summed E-state index contributed by atoms with van der Waals surface area (Å²) in [6.07, 6.45) is 4.02. The Balaban J connectivity index is 1.87. The lowest BCUT2D eigenvalue weighted by molar-refractivity contribution is 0.628. The molecule has 8 nitrogen and oxygen atoms in total. The summed E-state index contributed by atoms with van der Waals surface area (Å²) in [5.41, 5.74) is 5.95. The predicted octanol–water partition coefficient (Wildman–Crippen LogP) is 0.245. The molecular formula is C10H14N8. The maximum atomic E-state index is 5.67. The molecule has 0 radical (unpaired) electrons. The number of hydrogen-bond acceptors (Lipinski definition) is 7. The Kier molecular flexibility index (Phi) is 2.19. The first-order valence-electron chi connectivity index (χ1n) is 5.68. The molecular weight excluding hydrogens is 232 g/mol. The maximum Gasteiger partial charge on any atom is 0.258 e. The molecule has 0 bridgehead atoms. The lowest BCUT2D eigenvalue weighted by Crippen LogP contribution is -2.15. The number of aromatic nitrogens is 6. The van der Waals surface area contributed by atoms with Gasteiger partial charge in [-0.3, -0.25) is 0 Å². The van der Waals surface area contributed by atoms with Crippen LogP contribution in [0.4, 0.5) is 11.9 Å². The number of nitrogens with zero attached hydrogens (tertiary/aromatic N) is 6. The molecule has 2 aromatic heterocycles. The molecule has 3 rings (SSSR count). The minimum atomic E-state index is 0.163. The van der Waals surface area contributed by atoms with Gasteiger partial charge >= 0.3 is 0 Å². The zero-order chi connectivity index (χ0) is 12.8. The normalized spacial score (nSPS) is 20.7. The second kappa shape index (κ2) is 3.62. The maximum absolute atomic E-state index is 5.67. The number of hydrogen-bond donors (Lipinski definition) is 2. The van der Waals surface area contributed by atoms with Crippen LogP contribution in [0, 0.1) is 5.41 Å². The van der Waals surface area contributed by atoms with E-state index in [2.05, 4.69) is 44.2 Å². The summed E-state index contributed by atoms with van der Waals surface area (Å²) in [5.74, 6) is 1.00. The number of nitrogens with one attached hydrogen (secondary N) is 1. The summed E-state index contributed by atoms with van der Waals surface area (Å²) in [4.78, 5) is 16.2. The summed E-state index contributed by atoms with van der Waals surface area (Å²) >= 11 is 0. The van der Waals surface area contributed by atoms with Crippen LogP contribution >= 0.6 is 0 Å². The second-order valence-electron chi connectivity index (χ2n) is 5.05. The van der Waals surface area contributed by atoms with E-state index in [0.29, 0.717) is 17.9 Å². The second-order valence-corrected chi connectivity index (χ2v) is 5.05. The van der Waals surface area contributed by atoms with Gasteiger partial charge < -0.3 is 11.1 Å². The van der Waals surface area contributed by atoms with E-state index in [1.807, 2.05) is 0 Å². The topological polar surface area (TPSA) is 107 Å². The van der Waals surface area contributed by atoms with Crippen LogP contribution < -0.4 is 11.1 Å². The molecule has 0 amide bonds. The summed E-state index contributed by atoms with van der Waals surface area (Å²) in [5, 5.41) is 7.21. The molecule has 0 aliphatic heterocycles. The molecule has 1 saturated carbocycles. The Morgan fingerprint density at radius 1 is 1.39 bits per heavy atom. The molecule has 0 saturated heterocycles. The van der Waals surface area contributed by atoms with E-state index in [4.69, 9.17) is 5.73 Å². The van der Waals surface area contributed by atoms with Crippen molar-refractivity contribution in [3.05, 3.63) is 12.7 Å². The third-order valence-corrected chi connectivity index (χ3v) is 3.08. The zero-order valence-corrected chi connectivity index (χ0v) is 10.2. The van der Waals surface area contributed by atoms with Gasteiger partial charge in [0.05, 0.1) is 0 Å².